The van der Waals surface area contributed by atoms with Crippen LogP contribution in [0.3, 0.4) is 0 Å². The van der Waals surface area contributed by atoms with E-state index in [0.717, 1.165) is 18.2 Å². The summed E-state index contributed by atoms with van der Waals surface area (Å²) in [4.78, 5) is 31.8. The minimum Gasteiger partial charge on any atom is -0.460 e. The number of nitrogens with zero attached hydrogens (tertiary/aromatic N) is 2. The largest absolute Gasteiger partial charge is 0.460 e. The molecule has 0 aliphatic rings. The van der Waals surface area contributed by atoms with Gasteiger partial charge in [0.05, 0.1) is 67.7 Å². The van der Waals surface area contributed by atoms with Crippen LogP contribution >= 0.6 is 0 Å². The van der Waals surface area contributed by atoms with Gasteiger partial charge >= 0.3 is 5.97 Å². The lowest BCUT2D eigenvalue weighted by molar-refractivity contribution is -0.394. The topological polar surface area (TPSA) is 161 Å². The summed E-state index contributed by atoms with van der Waals surface area (Å²) in [6.07, 6.45) is 0. The molecule has 0 radical (unpaired) electrons. The maximum atomic E-state index is 11.9. The first-order valence-electron chi connectivity index (χ1n) is 7.90. The van der Waals surface area contributed by atoms with Crippen molar-refractivity contribution in [1.29, 1.82) is 0 Å². The van der Waals surface area contributed by atoms with E-state index in [1.54, 1.807) is 0 Å². The average molecular weight is 388 g/mol. The summed E-state index contributed by atoms with van der Waals surface area (Å²) in [5.41, 5.74) is -1.44. The fourth-order valence-corrected chi connectivity index (χ4v) is 1.81. The van der Waals surface area contributed by atoms with Gasteiger partial charge in [-0.05, 0) is 0 Å². The number of rotatable bonds is 14. The lowest BCUT2D eigenvalue weighted by Crippen LogP contribution is -2.14. The highest BCUT2D eigenvalue weighted by atomic mass is 16.6. The second-order valence-electron chi connectivity index (χ2n) is 4.95. The van der Waals surface area contributed by atoms with Gasteiger partial charge in [0, 0.05) is 12.1 Å². The van der Waals surface area contributed by atoms with E-state index in [1.807, 2.05) is 0 Å². The molecule has 0 aliphatic heterocycles. The highest BCUT2D eigenvalue weighted by Gasteiger charge is 2.20. The molecule has 12 nitrogen and oxygen atoms in total. The summed E-state index contributed by atoms with van der Waals surface area (Å²) >= 11 is 0. The monoisotopic (exact) mass is 388 g/mol. The van der Waals surface area contributed by atoms with Crippen molar-refractivity contribution in [1.82, 2.24) is 0 Å². The van der Waals surface area contributed by atoms with Gasteiger partial charge in [0.2, 0.25) is 0 Å². The number of aliphatic hydroxyl groups is 1. The summed E-state index contributed by atoms with van der Waals surface area (Å²) < 4.78 is 20.2. The minimum atomic E-state index is -0.928. The Morgan fingerprint density at radius 1 is 0.815 bits per heavy atom. The number of hydrogen-bond donors (Lipinski definition) is 1. The van der Waals surface area contributed by atoms with Crippen LogP contribution in [0.15, 0.2) is 18.2 Å². The van der Waals surface area contributed by atoms with E-state index in [-0.39, 0.29) is 38.6 Å². The zero-order valence-corrected chi connectivity index (χ0v) is 14.4. The fourth-order valence-electron chi connectivity index (χ4n) is 1.81. The number of ether oxygens (including phenoxy) is 4. The fraction of sp³-hybridized carbons (Fsp3) is 0.533. The van der Waals surface area contributed by atoms with Crippen molar-refractivity contribution in [2.24, 2.45) is 0 Å². The van der Waals surface area contributed by atoms with Crippen LogP contribution in [-0.4, -0.2) is 73.8 Å². The second-order valence-corrected chi connectivity index (χ2v) is 4.95. The van der Waals surface area contributed by atoms with Gasteiger partial charge in [0.15, 0.2) is 0 Å². The van der Waals surface area contributed by atoms with Crippen LogP contribution < -0.4 is 0 Å². The van der Waals surface area contributed by atoms with Crippen LogP contribution in [0, 0.1) is 20.2 Å². The predicted octanol–water partition coefficient (Wildman–Crippen LogP) is 0.702. The Balaban J connectivity index is 2.29. The smallest absolute Gasteiger partial charge is 0.338 e. The van der Waals surface area contributed by atoms with Gasteiger partial charge in [0.1, 0.15) is 6.61 Å². The molecule has 1 rings (SSSR count). The van der Waals surface area contributed by atoms with Crippen LogP contribution in [0.2, 0.25) is 0 Å². The van der Waals surface area contributed by atoms with Crippen molar-refractivity contribution >= 4 is 17.3 Å². The van der Waals surface area contributed by atoms with E-state index in [4.69, 9.17) is 24.1 Å². The minimum absolute atomic E-state index is 0.0501. The highest BCUT2D eigenvalue weighted by molar-refractivity contribution is 5.91. The van der Waals surface area contributed by atoms with Gasteiger partial charge in [-0.2, -0.15) is 0 Å². The molecule has 0 heterocycles. The van der Waals surface area contributed by atoms with Crippen LogP contribution in [0.4, 0.5) is 11.4 Å². The number of aliphatic hydroxyl groups excluding tert-OH is 1. The Morgan fingerprint density at radius 2 is 1.26 bits per heavy atom. The van der Waals surface area contributed by atoms with Gasteiger partial charge in [0.25, 0.3) is 11.4 Å². The number of benzene rings is 1. The van der Waals surface area contributed by atoms with Crippen molar-refractivity contribution < 1.29 is 38.7 Å². The van der Waals surface area contributed by atoms with E-state index >= 15 is 0 Å². The van der Waals surface area contributed by atoms with Gasteiger partial charge in [-0.3, -0.25) is 20.2 Å². The second kappa shape index (κ2) is 12.6. The summed E-state index contributed by atoms with van der Waals surface area (Å²) in [5.74, 6) is -0.928. The molecule has 0 fully saturated rings. The molecule has 0 atom stereocenters. The first-order chi connectivity index (χ1) is 13.0. The highest BCUT2D eigenvalue weighted by Crippen LogP contribution is 2.23. The lowest BCUT2D eigenvalue weighted by Gasteiger charge is -2.07. The summed E-state index contributed by atoms with van der Waals surface area (Å²) in [6, 6.07) is 2.57. The van der Waals surface area contributed by atoms with Crippen molar-refractivity contribution in [2.45, 2.75) is 0 Å². The lowest BCUT2D eigenvalue weighted by atomic mass is 10.2. The quantitative estimate of drug-likeness (QED) is 0.208. The first kappa shape index (κ1) is 22.4. The number of non-ortho nitro benzene ring substituents is 2. The molecular formula is C15H20N2O10. The Labute approximate surface area is 153 Å². The molecular weight excluding hydrogens is 368 g/mol. The van der Waals surface area contributed by atoms with Gasteiger partial charge in [-0.25, -0.2) is 4.79 Å². The average Bonchev–Trinajstić information content (AvgIpc) is 2.65. The first-order valence-corrected chi connectivity index (χ1v) is 7.90. The molecule has 1 N–H and O–H groups in total. The molecule has 0 spiro atoms. The van der Waals surface area contributed by atoms with Gasteiger partial charge < -0.3 is 24.1 Å². The summed E-state index contributed by atoms with van der Waals surface area (Å²) in [5, 5.41) is 30.1. The Morgan fingerprint density at radius 3 is 1.70 bits per heavy atom. The molecule has 1 aromatic rings. The molecule has 0 aromatic heterocycles. The zero-order valence-electron chi connectivity index (χ0n) is 14.4. The van der Waals surface area contributed by atoms with E-state index in [9.17, 15) is 25.0 Å². The Kier molecular flexibility index (Phi) is 10.5. The molecule has 1 aromatic carbocycles. The van der Waals surface area contributed by atoms with E-state index in [1.165, 1.54) is 0 Å². The summed E-state index contributed by atoms with van der Waals surface area (Å²) in [7, 11) is 0. The van der Waals surface area contributed by atoms with Gasteiger partial charge in [-0.1, -0.05) is 0 Å². The third kappa shape index (κ3) is 9.01. The third-order valence-corrected chi connectivity index (χ3v) is 3.00. The van der Waals surface area contributed by atoms with Crippen LogP contribution in [-0.2, 0) is 18.9 Å². The third-order valence-electron chi connectivity index (χ3n) is 3.00. The molecule has 0 saturated heterocycles. The van der Waals surface area contributed by atoms with E-state index in [2.05, 4.69) is 0 Å². The molecule has 0 unspecified atom stereocenters. The maximum absolute atomic E-state index is 11.9. The van der Waals surface area contributed by atoms with Crippen LogP contribution in [0.5, 0.6) is 0 Å². The molecule has 0 aliphatic carbocycles. The standard InChI is InChI=1S/C15H20N2O10/c18-1-2-24-3-4-25-5-6-26-7-8-27-15(19)12-9-13(16(20)21)11-14(10-12)17(22)23/h9-11,18H,1-8H2. The molecule has 27 heavy (non-hydrogen) atoms. The van der Waals surface area contributed by atoms with Crippen molar-refractivity contribution in [3.63, 3.8) is 0 Å². The summed E-state index contributed by atoms with van der Waals surface area (Å²) in [6.45, 7) is 1.39. The van der Waals surface area contributed by atoms with Crippen LogP contribution in [0.25, 0.3) is 0 Å². The number of nitro groups is 2. The normalized spacial score (nSPS) is 10.6. The van der Waals surface area contributed by atoms with Crippen molar-refractivity contribution in [3.05, 3.63) is 44.0 Å². The van der Waals surface area contributed by atoms with E-state index in [0.29, 0.717) is 19.8 Å². The predicted molar refractivity (Wildman–Crippen MR) is 89.6 cm³/mol. The van der Waals surface area contributed by atoms with Gasteiger partial charge in [-0.15, -0.1) is 0 Å². The number of hydrogen-bond acceptors (Lipinski definition) is 10. The Hall–Kier alpha value is -2.67. The number of esters is 1. The molecule has 0 bridgehead atoms. The number of nitro benzene ring substituents is 2. The van der Waals surface area contributed by atoms with Crippen LogP contribution in [0.1, 0.15) is 10.4 Å². The number of carbonyl (C=O) groups excluding carboxylic acids is 1. The van der Waals surface area contributed by atoms with E-state index < -0.39 is 27.2 Å². The Bertz CT molecular complexity index is 605. The van der Waals surface area contributed by atoms with Crippen molar-refractivity contribution in [3.8, 4) is 0 Å². The molecule has 0 amide bonds. The number of carbonyl (C=O) groups is 1. The van der Waals surface area contributed by atoms with Crippen molar-refractivity contribution in [2.75, 3.05) is 52.9 Å². The molecule has 150 valence electrons. The maximum Gasteiger partial charge on any atom is 0.338 e. The zero-order chi connectivity index (χ0) is 20.1. The molecule has 0 saturated carbocycles. The SMILES string of the molecule is O=C(OCCOCCOCCOCCO)c1cc([N+](=O)[O-])cc([N+](=O)[O-])c1. The molecule has 12 heteroatoms.